The average Bonchev–Trinajstić information content (AvgIpc) is 2.72. The first-order valence-electron chi connectivity index (χ1n) is 10.8. The van der Waals surface area contributed by atoms with Gasteiger partial charge in [-0.25, -0.2) is 4.79 Å². The molecule has 1 fully saturated rings. The van der Waals surface area contributed by atoms with Crippen LogP contribution in [0.15, 0.2) is 54.6 Å². The van der Waals surface area contributed by atoms with Crippen molar-refractivity contribution in [1.29, 1.82) is 0 Å². The van der Waals surface area contributed by atoms with Crippen molar-refractivity contribution < 1.29 is 32.2 Å². The van der Waals surface area contributed by atoms with Crippen LogP contribution in [0.25, 0.3) is 0 Å². The molecular formula is C25H28F3NO4. The van der Waals surface area contributed by atoms with E-state index in [0.717, 1.165) is 17.7 Å². The number of likely N-dealkylation sites (tertiary alicyclic amines) is 1. The van der Waals surface area contributed by atoms with Gasteiger partial charge in [-0.05, 0) is 50.6 Å². The third kappa shape index (κ3) is 6.97. The minimum absolute atomic E-state index is 0.0427. The second-order valence-electron chi connectivity index (χ2n) is 9.10. The molecule has 178 valence electrons. The van der Waals surface area contributed by atoms with Gasteiger partial charge < -0.3 is 14.4 Å². The Bertz CT molecular complexity index is 952. The minimum Gasteiger partial charge on any atom is -0.486 e. The van der Waals surface area contributed by atoms with Gasteiger partial charge in [0.05, 0.1) is 5.56 Å². The summed E-state index contributed by atoms with van der Waals surface area (Å²) in [6, 6.07) is 13.2. The first-order valence-corrected chi connectivity index (χ1v) is 10.8. The van der Waals surface area contributed by atoms with Crippen molar-refractivity contribution in [1.82, 2.24) is 4.90 Å². The van der Waals surface area contributed by atoms with E-state index in [-0.39, 0.29) is 37.3 Å². The molecule has 2 atom stereocenters. The highest BCUT2D eigenvalue weighted by atomic mass is 19.4. The van der Waals surface area contributed by atoms with Gasteiger partial charge in [0.1, 0.15) is 23.2 Å². The number of carbonyl (C=O) groups excluding carboxylic acids is 2. The number of Topliss-reactive ketones (excluding diaryl/α,β-unsaturated/α-hetero) is 1. The summed E-state index contributed by atoms with van der Waals surface area (Å²) >= 11 is 0. The fourth-order valence-corrected chi connectivity index (χ4v) is 3.73. The molecule has 1 saturated heterocycles. The zero-order chi connectivity index (χ0) is 24.2. The fourth-order valence-electron chi connectivity index (χ4n) is 3.73. The van der Waals surface area contributed by atoms with Gasteiger partial charge in [-0.1, -0.05) is 30.3 Å². The molecule has 1 heterocycles. The van der Waals surface area contributed by atoms with E-state index in [4.69, 9.17) is 9.47 Å². The van der Waals surface area contributed by atoms with Gasteiger partial charge in [-0.2, -0.15) is 13.2 Å². The molecule has 0 unspecified atom stereocenters. The summed E-state index contributed by atoms with van der Waals surface area (Å²) in [4.78, 5) is 26.5. The Hall–Kier alpha value is -3.03. The molecule has 2 aromatic rings. The number of alkyl halides is 3. The minimum atomic E-state index is -4.44. The molecule has 2 aromatic carbocycles. The summed E-state index contributed by atoms with van der Waals surface area (Å²) in [5, 5.41) is 0. The Morgan fingerprint density at radius 3 is 2.27 bits per heavy atom. The second-order valence-corrected chi connectivity index (χ2v) is 9.10. The number of ketones is 1. The highest BCUT2D eigenvalue weighted by Crippen LogP contribution is 2.34. The van der Waals surface area contributed by atoms with E-state index in [9.17, 15) is 22.8 Å². The first-order chi connectivity index (χ1) is 15.4. The number of rotatable bonds is 5. The van der Waals surface area contributed by atoms with Crippen molar-refractivity contribution >= 4 is 11.9 Å². The van der Waals surface area contributed by atoms with Crippen LogP contribution in [-0.2, 0) is 15.7 Å². The van der Waals surface area contributed by atoms with E-state index in [1.54, 1.807) is 25.7 Å². The fraction of sp³-hybridized carbons (Fsp3) is 0.440. The molecule has 1 aliphatic rings. The Morgan fingerprint density at radius 2 is 1.70 bits per heavy atom. The summed E-state index contributed by atoms with van der Waals surface area (Å²) in [6.45, 7) is 5.57. The summed E-state index contributed by atoms with van der Waals surface area (Å²) in [5.41, 5.74) is -0.654. The maximum Gasteiger partial charge on any atom is 0.416 e. The summed E-state index contributed by atoms with van der Waals surface area (Å²) in [7, 11) is 0. The zero-order valence-electron chi connectivity index (χ0n) is 18.9. The smallest absolute Gasteiger partial charge is 0.416 e. The molecule has 0 spiro atoms. The van der Waals surface area contributed by atoms with Crippen molar-refractivity contribution in [2.45, 2.75) is 64.0 Å². The van der Waals surface area contributed by atoms with Gasteiger partial charge >= 0.3 is 12.3 Å². The summed E-state index contributed by atoms with van der Waals surface area (Å²) in [6.07, 6.45) is -4.81. The summed E-state index contributed by atoms with van der Waals surface area (Å²) in [5.74, 6) is 0.309. The molecule has 0 aromatic heterocycles. The van der Waals surface area contributed by atoms with Gasteiger partial charge in [0.25, 0.3) is 0 Å². The number of halogens is 3. The third-order valence-corrected chi connectivity index (χ3v) is 5.28. The molecule has 5 nitrogen and oxygen atoms in total. The highest BCUT2D eigenvalue weighted by Gasteiger charge is 2.36. The monoisotopic (exact) mass is 463 g/mol. The molecule has 3 rings (SSSR count). The lowest BCUT2D eigenvalue weighted by Crippen LogP contribution is -2.49. The molecule has 0 bridgehead atoms. The van der Waals surface area contributed by atoms with Gasteiger partial charge in [0, 0.05) is 31.8 Å². The topological polar surface area (TPSA) is 55.8 Å². The van der Waals surface area contributed by atoms with Gasteiger partial charge in [0.15, 0.2) is 0 Å². The number of hydrogen-bond donors (Lipinski definition) is 0. The molecular weight excluding hydrogens is 435 g/mol. The molecule has 0 saturated carbocycles. The number of benzene rings is 2. The Labute approximate surface area is 191 Å². The number of hydrogen-bond acceptors (Lipinski definition) is 4. The third-order valence-electron chi connectivity index (χ3n) is 5.28. The van der Waals surface area contributed by atoms with E-state index >= 15 is 0 Å². The largest absolute Gasteiger partial charge is 0.486 e. The van der Waals surface area contributed by atoms with E-state index in [0.29, 0.717) is 0 Å². The van der Waals surface area contributed by atoms with E-state index in [2.05, 4.69) is 0 Å². The number of amides is 1. The van der Waals surface area contributed by atoms with Crippen LogP contribution in [0.5, 0.6) is 5.75 Å². The Balaban J connectivity index is 1.84. The molecule has 1 amide bonds. The molecule has 1 aliphatic heterocycles. The Morgan fingerprint density at radius 1 is 1.06 bits per heavy atom. The predicted octanol–water partition coefficient (Wildman–Crippen LogP) is 6.18. The van der Waals surface area contributed by atoms with Crippen LogP contribution < -0.4 is 4.74 Å². The molecule has 0 N–H and O–H groups in total. The standard InChI is InChI=1S/C25H28F3NO4/c1-24(2,3)33-23(31)29-14-13-20(30)15-19(29)16-22(17-7-5-4-6-8-17)32-21-11-9-18(10-12-21)25(26,27)28/h4-12,19,22H,13-16H2,1-3H3/t19-,22-/m1/s1. The Kier molecular flexibility index (Phi) is 7.34. The number of carbonyl (C=O) groups is 2. The predicted molar refractivity (Wildman–Crippen MR) is 117 cm³/mol. The van der Waals surface area contributed by atoms with Gasteiger partial charge in [0.2, 0.25) is 0 Å². The van der Waals surface area contributed by atoms with Crippen molar-refractivity contribution in [3.63, 3.8) is 0 Å². The average molecular weight is 463 g/mol. The van der Waals surface area contributed by atoms with Gasteiger partial charge in [-0.3, -0.25) is 4.79 Å². The van der Waals surface area contributed by atoms with Crippen molar-refractivity contribution in [3.05, 3.63) is 65.7 Å². The van der Waals surface area contributed by atoms with Crippen LogP contribution in [0.3, 0.4) is 0 Å². The lowest BCUT2D eigenvalue weighted by molar-refractivity contribution is -0.137. The van der Waals surface area contributed by atoms with E-state index in [1.165, 1.54) is 12.1 Å². The maximum atomic E-state index is 12.9. The highest BCUT2D eigenvalue weighted by molar-refractivity contribution is 5.82. The van der Waals surface area contributed by atoms with Crippen molar-refractivity contribution in [2.24, 2.45) is 0 Å². The maximum absolute atomic E-state index is 12.9. The van der Waals surface area contributed by atoms with E-state index < -0.39 is 35.6 Å². The molecule has 0 radical (unpaired) electrons. The lowest BCUT2D eigenvalue weighted by Gasteiger charge is -2.37. The van der Waals surface area contributed by atoms with E-state index in [1.807, 2.05) is 30.3 Å². The molecule has 33 heavy (non-hydrogen) atoms. The quantitative estimate of drug-likeness (QED) is 0.531. The van der Waals surface area contributed by atoms with Crippen molar-refractivity contribution in [2.75, 3.05) is 6.54 Å². The van der Waals surface area contributed by atoms with Crippen LogP contribution in [-0.4, -0.2) is 35.0 Å². The summed E-state index contributed by atoms with van der Waals surface area (Å²) < 4.78 is 50.3. The number of piperidine rings is 1. The number of ether oxygens (including phenoxy) is 2. The SMILES string of the molecule is CC(C)(C)OC(=O)N1CCC(=O)C[C@@H]1C[C@@H](Oc1ccc(C(F)(F)F)cc1)c1ccccc1. The van der Waals surface area contributed by atoms with Gasteiger partial charge in [-0.15, -0.1) is 0 Å². The molecule has 0 aliphatic carbocycles. The number of nitrogens with zero attached hydrogens (tertiary/aromatic N) is 1. The lowest BCUT2D eigenvalue weighted by atomic mass is 9.93. The van der Waals surface area contributed by atoms with Crippen molar-refractivity contribution in [3.8, 4) is 5.75 Å². The van der Waals surface area contributed by atoms with Crippen LogP contribution in [0.2, 0.25) is 0 Å². The molecule has 8 heteroatoms. The normalized spacial score (nSPS) is 18.1. The zero-order valence-corrected chi connectivity index (χ0v) is 18.9. The second kappa shape index (κ2) is 9.85. The van der Waals surface area contributed by atoms with Crippen LogP contribution in [0.4, 0.5) is 18.0 Å². The van der Waals surface area contributed by atoms with Crippen LogP contribution >= 0.6 is 0 Å². The van der Waals surface area contributed by atoms with Crippen LogP contribution in [0.1, 0.15) is 57.3 Å². The first kappa shape index (κ1) is 24.6. The van der Waals surface area contributed by atoms with Crippen LogP contribution in [0, 0.1) is 0 Å².